The molecule has 4 N–H and O–H groups in total. The number of aromatic nitrogens is 2. The Morgan fingerprint density at radius 3 is 2.72 bits per heavy atom. The van der Waals surface area contributed by atoms with Gasteiger partial charge in [-0.3, -0.25) is 4.98 Å². The number of nitrogens with two attached hydrogens (primary N) is 1. The van der Waals surface area contributed by atoms with E-state index >= 15 is 0 Å². The van der Waals surface area contributed by atoms with E-state index in [2.05, 4.69) is 16.8 Å². The average molecular weight is 398 g/mol. The number of hydrogen-bond acceptors (Lipinski definition) is 7. The molecule has 1 aliphatic rings. The van der Waals surface area contributed by atoms with Gasteiger partial charge in [-0.1, -0.05) is 20.8 Å². The quantitative estimate of drug-likeness (QED) is 0.684. The molecule has 3 heterocycles. The first-order valence-electron chi connectivity index (χ1n) is 9.91. The Bertz CT molecular complexity index is 946. The van der Waals surface area contributed by atoms with Gasteiger partial charge in [-0.15, -0.1) is 0 Å². The van der Waals surface area contributed by atoms with Crippen molar-refractivity contribution >= 4 is 28.6 Å². The second-order valence-corrected chi connectivity index (χ2v) is 8.81. The van der Waals surface area contributed by atoms with E-state index in [-0.39, 0.29) is 6.04 Å². The minimum absolute atomic E-state index is 0.163. The Morgan fingerprint density at radius 2 is 2.10 bits per heavy atom. The van der Waals surface area contributed by atoms with Crippen LogP contribution in [0.5, 0.6) is 0 Å². The molecule has 0 aromatic carbocycles. The van der Waals surface area contributed by atoms with Gasteiger partial charge in [0.2, 0.25) is 0 Å². The van der Waals surface area contributed by atoms with Crippen LogP contribution >= 0.6 is 0 Å². The van der Waals surface area contributed by atoms with E-state index < -0.39 is 11.0 Å². The zero-order chi connectivity index (χ0) is 21.4. The molecule has 2 aromatic rings. The normalized spacial score (nSPS) is 20.6. The maximum absolute atomic E-state index is 11.6. The molecule has 7 heteroatoms. The van der Waals surface area contributed by atoms with Crippen molar-refractivity contribution in [3.05, 3.63) is 35.7 Å². The summed E-state index contributed by atoms with van der Waals surface area (Å²) in [6, 6.07) is 4.01. The number of hydrogen-bond donors (Lipinski definition) is 3. The van der Waals surface area contributed by atoms with Gasteiger partial charge in [0, 0.05) is 24.3 Å². The molecule has 7 nitrogen and oxygen atoms in total. The Balaban J connectivity index is 2.35. The van der Waals surface area contributed by atoms with Crippen LogP contribution < -0.4 is 10.6 Å². The Morgan fingerprint density at radius 1 is 1.38 bits per heavy atom. The lowest BCUT2D eigenvalue weighted by atomic mass is 9.72. The third kappa shape index (κ3) is 3.84. The summed E-state index contributed by atoms with van der Waals surface area (Å²) in [7, 11) is 0. The zero-order valence-corrected chi connectivity index (χ0v) is 17.9. The first-order chi connectivity index (χ1) is 13.6. The molecule has 0 spiro atoms. The van der Waals surface area contributed by atoms with Crippen molar-refractivity contribution in [2.24, 2.45) is 11.1 Å². The molecular formula is C22H31N5O2. The SMILES string of the molecule is CC1COCCN1c1cc(C(C)(O)C(C)(C)C)c2ccnc(/C(N)=C/C=N)c2n1. The van der Waals surface area contributed by atoms with Gasteiger partial charge in [-0.2, -0.15) is 0 Å². The molecule has 2 atom stereocenters. The lowest BCUT2D eigenvalue weighted by molar-refractivity contribution is -0.0457. The number of ether oxygens (including phenoxy) is 1. The lowest BCUT2D eigenvalue weighted by Gasteiger charge is -2.40. The summed E-state index contributed by atoms with van der Waals surface area (Å²) in [6.45, 7) is 12.0. The highest BCUT2D eigenvalue weighted by atomic mass is 16.5. The van der Waals surface area contributed by atoms with Gasteiger partial charge in [-0.05, 0) is 43.0 Å². The summed E-state index contributed by atoms with van der Waals surface area (Å²) in [4.78, 5) is 11.5. The molecule has 0 bridgehead atoms. The van der Waals surface area contributed by atoms with Gasteiger partial charge in [-0.25, -0.2) is 4.98 Å². The largest absolute Gasteiger partial charge is 0.397 e. The van der Waals surface area contributed by atoms with E-state index in [1.165, 1.54) is 6.08 Å². The minimum Gasteiger partial charge on any atom is -0.397 e. The van der Waals surface area contributed by atoms with Crippen LogP contribution in [0.1, 0.15) is 45.9 Å². The molecule has 0 amide bonds. The third-order valence-electron chi connectivity index (χ3n) is 5.90. The summed E-state index contributed by atoms with van der Waals surface area (Å²) in [5, 5.41) is 19.7. The lowest BCUT2D eigenvalue weighted by Crippen LogP contribution is -2.44. The van der Waals surface area contributed by atoms with Gasteiger partial charge in [0.25, 0.3) is 0 Å². The van der Waals surface area contributed by atoms with E-state index in [9.17, 15) is 5.11 Å². The second kappa shape index (κ2) is 7.72. The molecule has 29 heavy (non-hydrogen) atoms. The van der Waals surface area contributed by atoms with Crippen molar-refractivity contribution in [3.63, 3.8) is 0 Å². The molecule has 3 rings (SSSR count). The summed E-state index contributed by atoms with van der Waals surface area (Å²) in [5.41, 5.74) is 6.95. The number of morpholine rings is 1. The molecule has 1 aliphatic heterocycles. The van der Waals surface area contributed by atoms with Gasteiger partial charge < -0.3 is 25.9 Å². The predicted molar refractivity (Wildman–Crippen MR) is 117 cm³/mol. The van der Waals surface area contributed by atoms with E-state index in [0.717, 1.165) is 29.5 Å². The number of nitrogens with one attached hydrogen (secondary N) is 1. The van der Waals surface area contributed by atoms with Crippen LogP contribution in [0, 0.1) is 10.8 Å². The van der Waals surface area contributed by atoms with Gasteiger partial charge in [0.15, 0.2) is 0 Å². The Labute approximate surface area is 172 Å². The highest BCUT2D eigenvalue weighted by Crippen LogP contribution is 2.43. The molecule has 2 aromatic heterocycles. The molecule has 0 aliphatic carbocycles. The first kappa shape index (κ1) is 21.2. The monoisotopic (exact) mass is 397 g/mol. The highest BCUT2D eigenvalue weighted by Gasteiger charge is 2.39. The maximum atomic E-state index is 11.6. The molecule has 0 radical (unpaired) electrons. The van der Waals surface area contributed by atoms with Crippen LogP contribution in [0.4, 0.5) is 5.82 Å². The summed E-state index contributed by atoms with van der Waals surface area (Å²) >= 11 is 0. The minimum atomic E-state index is -1.11. The number of nitrogens with zero attached hydrogens (tertiary/aromatic N) is 3. The Hall–Kier alpha value is -2.51. The fraction of sp³-hybridized carbons (Fsp3) is 0.500. The molecule has 2 unspecified atom stereocenters. The standard InChI is InChI=1S/C22H31N5O2/c1-14-13-29-11-10-27(14)18-12-16(22(5,28)21(2,3)4)15-7-9-25-20(19(15)26-18)17(24)6-8-23/h6-9,12,14,23,28H,10-11,13,24H2,1-5H3/b17-6-,23-8?. The first-order valence-corrected chi connectivity index (χ1v) is 9.91. The molecular weight excluding hydrogens is 366 g/mol. The van der Waals surface area contributed by atoms with Crippen LogP contribution in [-0.4, -0.2) is 47.1 Å². The summed E-state index contributed by atoms with van der Waals surface area (Å²) in [5.74, 6) is 0.768. The summed E-state index contributed by atoms with van der Waals surface area (Å²) in [6.07, 6.45) is 4.30. The molecule has 1 fully saturated rings. The van der Waals surface area contributed by atoms with Crippen molar-refractivity contribution in [1.29, 1.82) is 5.41 Å². The van der Waals surface area contributed by atoms with Crippen LogP contribution in [0.2, 0.25) is 0 Å². The number of allylic oxidation sites excluding steroid dienone is 1. The van der Waals surface area contributed by atoms with Crippen molar-refractivity contribution in [2.75, 3.05) is 24.7 Å². The van der Waals surface area contributed by atoms with Gasteiger partial charge in [0.05, 0.1) is 30.6 Å². The number of rotatable bonds is 4. The fourth-order valence-electron chi connectivity index (χ4n) is 3.54. The third-order valence-corrected chi connectivity index (χ3v) is 5.90. The van der Waals surface area contributed by atoms with Gasteiger partial charge in [0.1, 0.15) is 17.0 Å². The van der Waals surface area contributed by atoms with E-state index in [0.29, 0.717) is 30.1 Å². The average Bonchev–Trinajstić information content (AvgIpc) is 2.66. The smallest absolute Gasteiger partial charge is 0.130 e. The number of anilines is 1. The number of pyridine rings is 2. The van der Waals surface area contributed by atoms with Crippen molar-refractivity contribution in [3.8, 4) is 0 Å². The van der Waals surface area contributed by atoms with Crippen LogP contribution in [-0.2, 0) is 10.3 Å². The summed E-state index contributed by atoms with van der Waals surface area (Å²) < 4.78 is 5.58. The number of fused-ring (bicyclic) bond motifs is 1. The predicted octanol–water partition coefficient (Wildman–Crippen LogP) is 3.06. The second-order valence-electron chi connectivity index (χ2n) is 8.81. The fourth-order valence-corrected chi connectivity index (χ4v) is 3.54. The van der Waals surface area contributed by atoms with Crippen molar-refractivity contribution in [1.82, 2.24) is 9.97 Å². The van der Waals surface area contributed by atoms with E-state index in [1.54, 1.807) is 6.20 Å². The molecule has 156 valence electrons. The van der Waals surface area contributed by atoms with Crippen LogP contribution in [0.25, 0.3) is 16.6 Å². The molecule has 0 saturated carbocycles. The molecule has 1 saturated heterocycles. The van der Waals surface area contributed by atoms with Crippen molar-refractivity contribution in [2.45, 2.75) is 46.3 Å². The Kier molecular flexibility index (Phi) is 5.65. The zero-order valence-electron chi connectivity index (χ0n) is 17.9. The van der Waals surface area contributed by atoms with Crippen LogP contribution in [0.3, 0.4) is 0 Å². The topological polar surface area (TPSA) is 108 Å². The van der Waals surface area contributed by atoms with Gasteiger partial charge >= 0.3 is 0 Å². The highest BCUT2D eigenvalue weighted by molar-refractivity contribution is 5.94. The maximum Gasteiger partial charge on any atom is 0.130 e. The van der Waals surface area contributed by atoms with Crippen LogP contribution in [0.15, 0.2) is 24.4 Å². The number of aliphatic hydroxyl groups is 1. The van der Waals surface area contributed by atoms with E-state index in [1.807, 2.05) is 39.8 Å². The van der Waals surface area contributed by atoms with Crippen molar-refractivity contribution < 1.29 is 9.84 Å². The van der Waals surface area contributed by atoms with E-state index in [4.69, 9.17) is 20.9 Å².